The molecule has 16 heavy (non-hydrogen) atoms. The molecule has 2 fully saturated rings. The minimum Gasteiger partial charge on any atom is -0.481 e. The Morgan fingerprint density at radius 1 is 1.50 bits per heavy atom. The molecule has 2 aliphatic rings. The van der Waals surface area contributed by atoms with Crippen LogP contribution >= 0.6 is 0 Å². The van der Waals surface area contributed by atoms with Gasteiger partial charge in [-0.15, -0.1) is 0 Å². The maximum absolute atomic E-state index is 11.4. The van der Waals surface area contributed by atoms with Gasteiger partial charge in [0, 0.05) is 13.2 Å². The zero-order chi connectivity index (χ0) is 11.8. The van der Waals surface area contributed by atoms with Gasteiger partial charge in [0.1, 0.15) is 0 Å². The summed E-state index contributed by atoms with van der Waals surface area (Å²) in [6, 6.07) is 0. The van der Waals surface area contributed by atoms with Crippen LogP contribution in [-0.2, 0) is 19.4 Å². The van der Waals surface area contributed by atoms with Gasteiger partial charge in [-0.1, -0.05) is 0 Å². The van der Waals surface area contributed by atoms with Crippen molar-refractivity contribution in [1.82, 2.24) is 0 Å². The Balaban J connectivity index is 2.14. The van der Waals surface area contributed by atoms with Crippen molar-refractivity contribution in [3.8, 4) is 0 Å². The van der Waals surface area contributed by atoms with Gasteiger partial charge < -0.3 is 9.84 Å². The molecule has 2 aliphatic heterocycles. The summed E-state index contributed by atoms with van der Waals surface area (Å²) in [5.41, 5.74) is -1.06. The number of carboxylic acid groups (broad SMARTS) is 1. The molecule has 5 nitrogen and oxygen atoms in total. The van der Waals surface area contributed by atoms with Crippen LogP contribution in [0.3, 0.4) is 0 Å². The zero-order valence-electron chi connectivity index (χ0n) is 9.02. The van der Waals surface area contributed by atoms with E-state index in [1.54, 1.807) is 0 Å². The van der Waals surface area contributed by atoms with Crippen molar-refractivity contribution in [2.75, 3.05) is 24.7 Å². The quantitative estimate of drug-likeness (QED) is 0.777. The molecule has 2 heterocycles. The molecule has 2 unspecified atom stereocenters. The molecule has 0 amide bonds. The van der Waals surface area contributed by atoms with Crippen LogP contribution in [0.25, 0.3) is 0 Å². The molecule has 0 aromatic carbocycles. The Morgan fingerprint density at radius 2 is 2.25 bits per heavy atom. The Bertz CT molecular complexity index is 382. The highest BCUT2D eigenvalue weighted by Gasteiger charge is 2.49. The standard InChI is InChI=1S/C10H16O5S/c11-9(12)10(2-4-16(13,14)7-10)5-8-1-3-15-6-8/h8H,1-7H2,(H,11,12). The average molecular weight is 248 g/mol. The number of carboxylic acids is 1. The van der Waals surface area contributed by atoms with Crippen LogP contribution in [0.15, 0.2) is 0 Å². The van der Waals surface area contributed by atoms with Gasteiger partial charge in [-0.05, 0) is 25.2 Å². The van der Waals surface area contributed by atoms with E-state index in [9.17, 15) is 18.3 Å². The maximum Gasteiger partial charge on any atom is 0.310 e. The van der Waals surface area contributed by atoms with Crippen LogP contribution in [0.4, 0.5) is 0 Å². The normalized spacial score (nSPS) is 37.6. The molecule has 0 bridgehead atoms. The third kappa shape index (κ3) is 2.22. The lowest BCUT2D eigenvalue weighted by atomic mass is 9.78. The van der Waals surface area contributed by atoms with Crippen LogP contribution in [0.2, 0.25) is 0 Å². The maximum atomic E-state index is 11.4. The zero-order valence-corrected chi connectivity index (χ0v) is 9.83. The number of hydrogen-bond donors (Lipinski definition) is 1. The molecule has 0 saturated carbocycles. The van der Waals surface area contributed by atoms with Crippen LogP contribution in [0.5, 0.6) is 0 Å². The molecule has 0 radical (unpaired) electrons. The second-order valence-corrected chi connectivity index (χ2v) is 7.05. The molecule has 1 N–H and O–H groups in total. The van der Waals surface area contributed by atoms with E-state index in [1.807, 2.05) is 0 Å². The van der Waals surface area contributed by atoms with E-state index in [-0.39, 0.29) is 23.8 Å². The van der Waals surface area contributed by atoms with E-state index in [1.165, 1.54) is 0 Å². The van der Waals surface area contributed by atoms with Gasteiger partial charge in [-0.2, -0.15) is 0 Å². The molecule has 0 aromatic rings. The molecule has 0 aromatic heterocycles. The summed E-state index contributed by atoms with van der Waals surface area (Å²) in [6.45, 7) is 1.22. The van der Waals surface area contributed by atoms with Gasteiger partial charge in [0.15, 0.2) is 9.84 Å². The monoisotopic (exact) mass is 248 g/mol. The fourth-order valence-corrected chi connectivity index (χ4v) is 4.70. The molecule has 92 valence electrons. The van der Waals surface area contributed by atoms with Crippen molar-refractivity contribution in [2.45, 2.75) is 19.3 Å². The van der Waals surface area contributed by atoms with E-state index in [0.29, 0.717) is 19.6 Å². The predicted molar refractivity (Wildman–Crippen MR) is 56.9 cm³/mol. The van der Waals surface area contributed by atoms with Gasteiger partial charge in [0.05, 0.1) is 16.9 Å². The summed E-state index contributed by atoms with van der Waals surface area (Å²) in [7, 11) is -3.16. The van der Waals surface area contributed by atoms with Gasteiger partial charge in [0.2, 0.25) is 0 Å². The Hall–Kier alpha value is -0.620. The first-order chi connectivity index (χ1) is 7.44. The van der Waals surface area contributed by atoms with E-state index < -0.39 is 21.2 Å². The molecular formula is C10H16O5S. The van der Waals surface area contributed by atoms with E-state index in [0.717, 1.165) is 6.42 Å². The topological polar surface area (TPSA) is 80.7 Å². The lowest BCUT2D eigenvalue weighted by molar-refractivity contribution is -0.148. The van der Waals surface area contributed by atoms with Crippen LogP contribution in [0, 0.1) is 11.3 Å². The highest BCUT2D eigenvalue weighted by molar-refractivity contribution is 7.91. The average Bonchev–Trinajstić information content (AvgIpc) is 2.75. The first-order valence-corrected chi connectivity index (χ1v) is 7.27. The van der Waals surface area contributed by atoms with Crippen LogP contribution in [-0.4, -0.2) is 44.2 Å². The first kappa shape index (κ1) is 11.9. The van der Waals surface area contributed by atoms with E-state index >= 15 is 0 Å². The van der Waals surface area contributed by atoms with Gasteiger partial charge in [0.25, 0.3) is 0 Å². The summed E-state index contributed by atoms with van der Waals surface area (Å²) in [5, 5.41) is 9.25. The molecule has 2 saturated heterocycles. The van der Waals surface area contributed by atoms with Crippen molar-refractivity contribution in [2.24, 2.45) is 11.3 Å². The largest absolute Gasteiger partial charge is 0.481 e. The Kier molecular flexibility index (Phi) is 2.96. The third-order valence-electron chi connectivity index (χ3n) is 3.54. The minimum absolute atomic E-state index is 0.00682. The van der Waals surface area contributed by atoms with Crippen molar-refractivity contribution in [3.63, 3.8) is 0 Å². The predicted octanol–water partition coefficient (Wildman–Crippen LogP) is 0.302. The van der Waals surface area contributed by atoms with Gasteiger partial charge in [-0.25, -0.2) is 8.42 Å². The fraction of sp³-hybridized carbons (Fsp3) is 0.900. The van der Waals surface area contributed by atoms with Crippen LogP contribution in [0.1, 0.15) is 19.3 Å². The van der Waals surface area contributed by atoms with Gasteiger partial charge in [-0.3, -0.25) is 4.79 Å². The second-order valence-electron chi connectivity index (χ2n) is 4.86. The Labute approximate surface area is 94.7 Å². The molecule has 0 aliphatic carbocycles. The van der Waals surface area contributed by atoms with E-state index in [4.69, 9.17) is 4.74 Å². The van der Waals surface area contributed by atoms with Crippen molar-refractivity contribution >= 4 is 15.8 Å². The summed E-state index contributed by atoms with van der Waals surface area (Å²) in [4.78, 5) is 11.3. The van der Waals surface area contributed by atoms with Gasteiger partial charge >= 0.3 is 5.97 Å². The summed E-state index contributed by atoms with van der Waals surface area (Å²) < 4.78 is 28.1. The molecule has 2 atom stereocenters. The first-order valence-electron chi connectivity index (χ1n) is 5.45. The fourth-order valence-electron chi connectivity index (χ4n) is 2.63. The van der Waals surface area contributed by atoms with Crippen molar-refractivity contribution in [3.05, 3.63) is 0 Å². The lowest BCUT2D eigenvalue weighted by Gasteiger charge is -2.25. The number of carbonyl (C=O) groups is 1. The molecular weight excluding hydrogens is 232 g/mol. The summed E-state index contributed by atoms with van der Waals surface area (Å²) >= 11 is 0. The third-order valence-corrected chi connectivity index (χ3v) is 5.36. The molecule has 2 rings (SSSR count). The lowest BCUT2D eigenvalue weighted by Crippen LogP contribution is -2.34. The Morgan fingerprint density at radius 3 is 2.69 bits per heavy atom. The SMILES string of the molecule is O=C(O)C1(CC2CCOC2)CCS(=O)(=O)C1. The highest BCUT2D eigenvalue weighted by atomic mass is 32.2. The van der Waals surface area contributed by atoms with Crippen molar-refractivity contribution < 1.29 is 23.1 Å². The van der Waals surface area contributed by atoms with Crippen LogP contribution < -0.4 is 0 Å². The van der Waals surface area contributed by atoms with Crippen molar-refractivity contribution in [1.29, 1.82) is 0 Å². The minimum atomic E-state index is -3.16. The smallest absolute Gasteiger partial charge is 0.310 e. The number of rotatable bonds is 3. The molecule has 0 spiro atoms. The van der Waals surface area contributed by atoms with E-state index in [2.05, 4.69) is 0 Å². The number of hydrogen-bond acceptors (Lipinski definition) is 4. The highest BCUT2D eigenvalue weighted by Crippen LogP contribution is 2.40. The summed E-state index contributed by atoms with van der Waals surface area (Å²) in [5.74, 6) is -0.969. The number of aliphatic carboxylic acids is 1. The number of sulfone groups is 1. The second kappa shape index (κ2) is 4.00. The number of ether oxygens (including phenoxy) is 1. The molecule has 6 heteroatoms. The summed E-state index contributed by atoms with van der Waals surface area (Å²) in [6.07, 6.45) is 1.53.